The van der Waals surface area contributed by atoms with Crippen LogP contribution in [0.15, 0.2) is 18.3 Å². The molecule has 0 saturated heterocycles. The van der Waals surface area contributed by atoms with Gasteiger partial charge >= 0.3 is 0 Å². The van der Waals surface area contributed by atoms with Crippen molar-refractivity contribution < 1.29 is 13.6 Å². The van der Waals surface area contributed by atoms with Crippen LogP contribution in [0.5, 0.6) is 0 Å². The zero-order valence-corrected chi connectivity index (χ0v) is 16.4. The number of carbonyl (C=O) groups is 1. The monoisotopic (exact) mass is 394 g/mol. The number of nitrogens with one attached hydrogen (secondary N) is 1. The van der Waals surface area contributed by atoms with Crippen molar-refractivity contribution in [1.82, 2.24) is 14.9 Å². The van der Waals surface area contributed by atoms with Gasteiger partial charge in [0.2, 0.25) is 0 Å². The fraction of sp³-hybridized carbons (Fsp3) is 0.474. The summed E-state index contributed by atoms with van der Waals surface area (Å²) in [5, 5.41) is 2.47. The second-order valence-electron chi connectivity index (χ2n) is 6.91. The number of thiophene rings is 1. The third-order valence-corrected chi connectivity index (χ3v) is 6.02. The van der Waals surface area contributed by atoms with E-state index in [4.69, 9.17) is 5.73 Å². The van der Waals surface area contributed by atoms with Crippen molar-refractivity contribution in [2.24, 2.45) is 12.8 Å². The minimum Gasteiger partial charge on any atom is -0.341 e. The van der Waals surface area contributed by atoms with E-state index >= 15 is 0 Å². The smallest absolute Gasteiger partial charge is 0.269 e. The van der Waals surface area contributed by atoms with Crippen molar-refractivity contribution in [3.05, 3.63) is 33.9 Å². The molecule has 0 aliphatic heterocycles. The minimum atomic E-state index is -2.98. The molecule has 2 aromatic heterocycles. The predicted octanol–water partition coefficient (Wildman–Crippen LogP) is 3.74. The Morgan fingerprint density at radius 2 is 2.26 bits per heavy atom. The maximum atomic E-state index is 14.2. The van der Waals surface area contributed by atoms with E-state index in [-0.39, 0.29) is 6.42 Å². The van der Waals surface area contributed by atoms with Gasteiger partial charge in [-0.3, -0.25) is 4.79 Å². The van der Waals surface area contributed by atoms with Gasteiger partial charge < -0.3 is 15.6 Å². The molecule has 27 heavy (non-hydrogen) atoms. The maximum Gasteiger partial charge on any atom is 0.269 e. The van der Waals surface area contributed by atoms with Gasteiger partial charge in [-0.15, -0.1) is 11.3 Å². The number of hydrogen-bond donors (Lipinski definition) is 2. The van der Waals surface area contributed by atoms with E-state index in [2.05, 4.69) is 10.3 Å². The molecule has 0 bridgehead atoms. The van der Waals surface area contributed by atoms with Crippen LogP contribution in [0.25, 0.3) is 17.3 Å². The van der Waals surface area contributed by atoms with Crippen LogP contribution in [0.4, 0.5) is 8.78 Å². The molecule has 2 unspecified atom stereocenters. The molecule has 2 atom stereocenters. The van der Waals surface area contributed by atoms with Gasteiger partial charge in [-0.05, 0) is 38.8 Å². The first kappa shape index (κ1) is 19.7. The first-order chi connectivity index (χ1) is 12.7. The summed E-state index contributed by atoms with van der Waals surface area (Å²) < 4.78 is 30.3. The van der Waals surface area contributed by atoms with Crippen LogP contribution in [0.3, 0.4) is 0 Å². The summed E-state index contributed by atoms with van der Waals surface area (Å²) in [6.07, 6.45) is 6.15. The summed E-state index contributed by atoms with van der Waals surface area (Å²) >= 11 is 1.28. The second kappa shape index (κ2) is 7.52. The first-order valence-electron chi connectivity index (χ1n) is 8.94. The Labute approximate surface area is 161 Å². The van der Waals surface area contributed by atoms with E-state index in [1.807, 2.05) is 37.6 Å². The summed E-state index contributed by atoms with van der Waals surface area (Å²) in [7, 11) is 1.90. The van der Waals surface area contributed by atoms with Crippen molar-refractivity contribution in [3.63, 3.8) is 0 Å². The lowest BCUT2D eigenvalue weighted by Gasteiger charge is -2.36. The van der Waals surface area contributed by atoms with Crippen molar-refractivity contribution in [2.75, 3.05) is 0 Å². The van der Waals surface area contributed by atoms with Gasteiger partial charge in [-0.25, -0.2) is 13.8 Å². The van der Waals surface area contributed by atoms with Gasteiger partial charge in [0.05, 0.1) is 16.8 Å². The summed E-state index contributed by atoms with van der Waals surface area (Å²) in [6.45, 7) is 3.82. The number of hydrogen-bond acceptors (Lipinski definition) is 4. The molecule has 1 fully saturated rings. The van der Waals surface area contributed by atoms with Crippen LogP contribution < -0.4 is 11.1 Å². The number of allylic oxidation sites excluding steroid dienone is 1. The molecular formula is C19H24F2N4OS. The number of amides is 1. The molecular weight excluding hydrogens is 370 g/mol. The highest BCUT2D eigenvalue weighted by atomic mass is 32.1. The van der Waals surface area contributed by atoms with E-state index in [1.165, 1.54) is 11.3 Å². The lowest BCUT2D eigenvalue weighted by Crippen LogP contribution is -2.59. The fourth-order valence-electron chi connectivity index (χ4n) is 3.46. The molecule has 1 aliphatic rings. The summed E-state index contributed by atoms with van der Waals surface area (Å²) in [5.74, 6) is -2.68. The Morgan fingerprint density at radius 3 is 2.93 bits per heavy atom. The molecule has 1 amide bonds. The summed E-state index contributed by atoms with van der Waals surface area (Å²) in [5.41, 5.74) is 7.59. The molecule has 3 N–H and O–H groups in total. The lowest BCUT2D eigenvalue weighted by molar-refractivity contribution is -0.0674. The van der Waals surface area contributed by atoms with Gasteiger partial charge in [0.25, 0.3) is 11.8 Å². The SMILES string of the molecule is CC=Cc1ncc(-c2cc(C(=O)NC3C(N)CCCC3(F)F)sc2C)n1C. The normalized spacial score (nSPS) is 22.3. The number of nitrogens with zero attached hydrogens (tertiary/aromatic N) is 2. The number of nitrogens with two attached hydrogens (primary N) is 1. The maximum absolute atomic E-state index is 14.2. The third kappa shape index (κ3) is 3.82. The summed E-state index contributed by atoms with van der Waals surface area (Å²) in [4.78, 5) is 18.3. The van der Waals surface area contributed by atoms with Gasteiger partial charge in [0.1, 0.15) is 11.9 Å². The second-order valence-corrected chi connectivity index (χ2v) is 8.17. The van der Waals surface area contributed by atoms with Crippen LogP contribution in [-0.4, -0.2) is 33.5 Å². The predicted molar refractivity (Wildman–Crippen MR) is 104 cm³/mol. The Balaban J connectivity index is 1.85. The van der Waals surface area contributed by atoms with Gasteiger partial charge in [-0.2, -0.15) is 0 Å². The third-order valence-electron chi connectivity index (χ3n) is 4.97. The van der Waals surface area contributed by atoms with Gasteiger partial charge in [0.15, 0.2) is 0 Å². The highest BCUT2D eigenvalue weighted by molar-refractivity contribution is 7.14. The van der Waals surface area contributed by atoms with E-state index in [0.717, 1.165) is 22.0 Å². The number of aromatic nitrogens is 2. The number of rotatable bonds is 4. The Morgan fingerprint density at radius 1 is 1.52 bits per heavy atom. The molecule has 8 heteroatoms. The minimum absolute atomic E-state index is 0.247. The lowest BCUT2D eigenvalue weighted by atomic mass is 9.87. The highest BCUT2D eigenvalue weighted by Crippen LogP contribution is 2.35. The largest absolute Gasteiger partial charge is 0.341 e. The number of halogens is 2. The topological polar surface area (TPSA) is 72.9 Å². The number of alkyl halides is 2. The van der Waals surface area contributed by atoms with E-state index in [0.29, 0.717) is 17.7 Å². The number of imidazole rings is 1. The van der Waals surface area contributed by atoms with Crippen LogP contribution in [0.1, 0.15) is 46.6 Å². The Bertz CT molecular complexity index is 871. The molecule has 0 spiro atoms. The van der Waals surface area contributed by atoms with E-state index in [1.54, 1.807) is 12.3 Å². The molecule has 146 valence electrons. The van der Waals surface area contributed by atoms with Gasteiger partial charge in [-0.1, -0.05) is 6.08 Å². The zero-order valence-electron chi connectivity index (χ0n) is 15.6. The first-order valence-corrected chi connectivity index (χ1v) is 9.75. The van der Waals surface area contributed by atoms with Crippen LogP contribution in [0.2, 0.25) is 0 Å². The van der Waals surface area contributed by atoms with Crippen molar-refractivity contribution in [3.8, 4) is 11.3 Å². The fourth-order valence-corrected chi connectivity index (χ4v) is 4.39. The van der Waals surface area contributed by atoms with Crippen molar-refractivity contribution >= 4 is 23.3 Å². The molecule has 1 aliphatic carbocycles. The highest BCUT2D eigenvalue weighted by Gasteiger charge is 2.46. The van der Waals surface area contributed by atoms with E-state index in [9.17, 15) is 13.6 Å². The molecule has 0 aromatic carbocycles. The van der Waals surface area contributed by atoms with E-state index < -0.39 is 23.9 Å². The molecule has 0 radical (unpaired) electrons. The van der Waals surface area contributed by atoms with Crippen LogP contribution in [0, 0.1) is 6.92 Å². The zero-order chi connectivity index (χ0) is 19.8. The summed E-state index contributed by atoms with van der Waals surface area (Å²) in [6, 6.07) is -0.334. The van der Waals surface area contributed by atoms with Crippen molar-refractivity contribution in [2.45, 2.75) is 51.1 Å². The van der Waals surface area contributed by atoms with Crippen LogP contribution >= 0.6 is 11.3 Å². The standard InChI is InChI=1S/C19H24F2N4OS/c1-4-6-16-23-10-14(25(16)3)12-9-15(27-11(12)2)18(26)24-17-13(22)7-5-8-19(17,20)21/h4,6,9-10,13,17H,5,7-8,22H2,1-3H3,(H,24,26). The molecule has 1 saturated carbocycles. The van der Waals surface area contributed by atoms with Crippen LogP contribution in [-0.2, 0) is 7.05 Å². The molecule has 3 rings (SSSR count). The van der Waals surface area contributed by atoms with Gasteiger partial charge in [0, 0.05) is 30.0 Å². The molecule has 2 heterocycles. The average Bonchev–Trinajstić information content (AvgIpc) is 3.14. The molecule has 5 nitrogen and oxygen atoms in total. The number of aryl methyl sites for hydroxylation is 1. The quantitative estimate of drug-likeness (QED) is 0.830. The number of carbonyl (C=O) groups excluding carboxylic acids is 1. The van der Waals surface area contributed by atoms with Crippen molar-refractivity contribution in [1.29, 1.82) is 0 Å². The Kier molecular flexibility index (Phi) is 5.48. The average molecular weight is 394 g/mol. The Hall–Kier alpha value is -2.06. The molecule has 2 aromatic rings.